The van der Waals surface area contributed by atoms with Crippen LogP contribution in [0.4, 0.5) is 11.6 Å². The first-order valence-electron chi connectivity index (χ1n) is 6.22. The summed E-state index contributed by atoms with van der Waals surface area (Å²) in [4.78, 5) is 10.7. The van der Waals surface area contributed by atoms with Crippen molar-refractivity contribution in [2.45, 2.75) is 19.4 Å². The minimum Gasteiger partial charge on any atom is -0.382 e. The predicted molar refractivity (Wildman–Crippen MR) is 72.3 cm³/mol. The van der Waals surface area contributed by atoms with E-state index in [2.05, 4.69) is 39.1 Å². The highest BCUT2D eigenvalue weighted by atomic mass is 15.2. The standard InChI is InChI=1S/C14H16N4/c15-13-8-17-14(9-16-13)18-7-3-6-11-4-1-2-5-12(11)10-18/h1-2,4-5,8-9H,3,6-7,10H2,(H2,15,16). The summed E-state index contributed by atoms with van der Waals surface area (Å²) in [5.41, 5.74) is 8.40. The SMILES string of the molecule is Nc1cnc(N2CCCc3ccccc3C2)cn1. The lowest BCUT2D eigenvalue weighted by molar-refractivity contribution is 0.752. The smallest absolute Gasteiger partial charge is 0.147 e. The lowest BCUT2D eigenvalue weighted by Crippen LogP contribution is -2.23. The van der Waals surface area contributed by atoms with Crippen LogP contribution in [0, 0.1) is 0 Å². The van der Waals surface area contributed by atoms with Crippen LogP contribution in [0.5, 0.6) is 0 Å². The van der Waals surface area contributed by atoms with E-state index in [1.54, 1.807) is 12.4 Å². The van der Waals surface area contributed by atoms with Gasteiger partial charge in [-0.2, -0.15) is 0 Å². The molecule has 2 heterocycles. The topological polar surface area (TPSA) is 55.0 Å². The van der Waals surface area contributed by atoms with Crippen molar-refractivity contribution in [2.24, 2.45) is 0 Å². The highest BCUT2D eigenvalue weighted by Gasteiger charge is 2.15. The van der Waals surface area contributed by atoms with Crippen molar-refractivity contribution in [3.63, 3.8) is 0 Å². The number of anilines is 2. The van der Waals surface area contributed by atoms with E-state index in [4.69, 9.17) is 5.73 Å². The van der Waals surface area contributed by atoms with Gasteiger partial charge in [-0.1, -0.05) is 24.3 Å². The summed E-state index contributed by atoms with van der Waals surface area (Å²) < 4.78 is 0. The fourth-order valence-corrected chi connectivity index (χ4v) is 2.39. The minimum absolute atomic E-state index is 0.467. The third-order valence-electron chi connectivity index (χ3n) is 3.34. The van der Waals surface area contributed by atoms with Gasteiger partial charge in [0.15, 0.2) is 0 Å². The van der Waals surface area contributed by atoms with Crippen molar-refractivity contribution < 1.29 is 0 Å². The van der Waals surface area contributed by atoms with Gasteiger partial charge >= 0.3 is 0 Å². The summed E-state index contributed by atoms with van der Waals surface area (Å²) in [5.74, 6) is 1.37. The highest BCUT2D eigenvalue weighted by Crippen LogP contribution is 2.22. The van der Waals surface area contributed by atoms with Gasteiger partial charge in [-0.3, -0.25) is 0 Å². The third kappa shape index (κ3) is 2.14. The Morgan fingerprint density at radius 1 is 1.06 bits per heavy atom. The molecule has 0 saturated heterocycles. The summed E-state index contributed by atoms with van der Waals surface area (Å²) in [6.07, 6.45) is 5.65. The van der Waals surface area contributed by atoms with Crippen molar-refractivity contribution >= 4 is 11.6 Å². The van der Waals surface area contributed by atoms with E-state index >= 15 is 0 Å². The molecule has 1 aliphatic rings. The Morgan fingerprint density at radius 2 is 1.89 bits per heavy atom. The number of hydrogen-bond donors (Lipinski definition) is 1. The van der Waals surface area contributed by atoms with Gasteiger partial charge in [0.25, 0.3) is 0 Å². The molecule has 1 aromatic carbocycles. The summed E-state index contributed by atoms with van der Waals surface area (Å²) in [5, 5.41) is 0. The molecule has 18 heavy (non-hydrogen) atoms. The van der Waals surface area contributed by atoms with Gasteiger partial charge in [-0.15, -0.1) is 0 Å². The fourth-order valence-electron chi connectivity index (χ4n) is 2.39. The number of nitrogens with zero attached hydrogens (tertiary/aromatic N) is 3. The van der Waals surface area contributed by atoms with Crippen LogP contribution in [0.3, 0.4) is 0 Å². The third-order valence-corrected chi connectivity index (χ3v) is 3.34. The van der Waals surface area contributed by atoms with E-state index in [-0.39, 0.29) is 0 Å². The van der Waals surface area contributed by atoms with E-state index in [1.165, 1.54) is 11.1 Å². The molecule has 2 aromatic rings. The molecule has 4 nitrogen and oxygen atoms in total. The number of aryl methyl sites for hydroxylation is 1. The number of hydrogen-bond acceptors (Lipinski definition) is 4. The van der Waals surface area contributed by atoms with Gasteiger partial charge in [0.05, 0.1) is 12.4 Å². The predicted octanol–water partition coefficient (Wildman–Crippen LogP) is 2.01. The lowest BCUT2D eigenvalue weighted by atomic mass is 10.0. The molecule has 4 heteroatoms. The van der Waals surface area contributed by atoms with Crippen LogP contribution < -0.4 is 10.6 Å². The lowest BCUT2D eigenvalue weighted by Gasteiger charge is -2.21. The van der Waals surface area contributed by atoms with Crippen molar-refractivity contribution in [3.8, 4) is 0 Å². The number of nitrogens with two attached hydrogens (primary N) is 1. The van der Waals surface area contributed by atoms with Gasteiger partial charge in [-0.05, 0) is 24.0 Å². The first-order valence-corrected chi connectivity index (χ1v) is 6.22. The second kappa shape index (κ2) is 4.64. The zero-order chi connectivity index (χ0) is 12.4. The van der Waals surface area contributed by atoms with Gasteiger partial charge in [0.1, 0.15) is 11.6 Å². The Kier molecular flexibility index (Phi) is 2.84. The Hall–Kier alpha value is -2.10. The van der Waals surface area contributed by atoms with Crippen molar-refractivity contribution in [1.82, 2.24) is 9.97 Å². The monoisotopic (exact) mass is 240 g/mol. The first-order chi connectivity index (χ1) is 8.83. The average Bonchev–Trinajstić information content (AvgIpc) is 2.61. The van der Waals surface area contributed by atoms with Crippen molar-refractivity contribution in [1.29, 1.82) is 0 Å². The molecule has 0 atom stereocenters. The Morgan fingerprint density at radius 3 is 2.67 bits per heavy atom. The molecule has 0 spiro atoms. The van der Waals surface area contributed by atoms with E-state index < -0.39 is 0 Å². The van der Waals surface area contributed by atoms with Crippen LogP contribution >= 0.6 is 0 Å². The fraction of sp³-hybridized carbons (Fsp3) is 0.286. The summed E-state index contributed by atoms with van der Waals surface area (Å²) >= 11 is 0. The molecule has 2 N–H and O–H groups in total. The minimum atomic E-state index is 0.467. The first kappa shape index (κ1) is 11.0. The molecule has 0 saturated carbocycles. The molecule has 1 aliphatic heterocycles. The quantitative estimate of drug-likeness (QED) is 0.828. The number of nitrogen functional groups attached to an aromatic ring is 1. The Bertz CT molecular complexity index is 536. The molecule has 3 rings (SSSR count). The van der Waals surface area contributed by atoms with Crippen LogP contribution in [-0.2, 0) is 13.0 Å². The molecule has 0 fully saturated rings. The zero-order valence-electron chi connectivity index (χ0n) is 10.2. The molecule has 0 bridgehead atoms. The van der Waals surface area contributed by atoms with Crippen LogP contribution in [-0.4, -0.2) is 16.5 Å². The Labute approximate surface area is 106 Å². The van der Waals surface area contributed by atoms with Gasteiger partial charge in [0.2, 0.25) is 0 Å². The number of rotatable bonds is 1. The van der Waals surface area contributed by atoms with E-state index in [1.807, 2.05) is 0 Å². The zero-order valence-corrected chi connectivity index (χ0v) is 10.2. The van der Waals surface area contributed by atoms with Crippen LogP contribution in [0.15, 0.2) is 36.7 Å². The molecule has 0 amide bonds. The molecule has 0 unspecified atom stereocenters. The molecule has 0 aliphatic carbocycles. The summed E-state index contributed by atoms with van der Waals surface area (Å²) in [6.45, 7) is 1.90. The molecular formula is C14H16N4. The van der Waals surface area contributed by atoms with Crippen molar-refractivity contribution in [2.75, 3.05) is 17.2 Å². The maximum Gasteiger partial charge on any atom is 0.147 e. The maximum atomic E-state index is 5.57. The summed E-state index contributed by atoms with van der Waals surface area (Å²) in [6, 6.07) is 8.61. The van der Waals surface area contributed by atoms with Crippen LogP contribution in [0.2, 0.25) is 0 Å². The highest BCUT2D eigenvalue weighted by molar-refractivity contribution is 5.42. The molecule has 92 valence electrons. The van der Waals surface area contributed by atoms with E-state index in [9.17, 15) is 0 Å². The number of aromatic nitrogens is 2. The maximum absolute atomic E-state index is 5.57. The van der Waals surface area contributed by atoms with Crippen molar-refractivity contribution in [3.05, 3.63) is 47.8 Å². The molecular weight excluding hydrogens is 224 g/mol. The number of benzene rings is 1. The van der Waals surface area contributed by atoms with Gasteiger partial charge in [-0.25, -0.2) is 9.97 Å². The van der Waals surface area contributed by atoms with Crippen LogP contribution in [0.1, 0.15) is 17.5 Å². The second-order valence-electron chi connectivity index (χ2n) is 4.59. The van der Waals surface area contributed by atoms with Crippen LogP contribution in [0.25, 0.3) is 0 Å². The summed E-state index contributed by atoms with van der Waals surface area (Å²) in [7, 11) is 0. The van der Waals surface area contributed by atoms with Gasteiger partial charge < -0.3 is 10.6 Å². The molecule has 1 aromatic heterocycles. The second-order valence-corrected chi connectivity index (χ2v) is 4.59. The average molecular weight is 240 g/mol. The van der Waals surface area contributed by atoms with Gasteiger partial charge in [0, 0.05) is 13.1 Å². The van der Waals surface area contributed by atoms with E-state index in [0.29, 0.717) is 5.82 Å². The van der Waals surface area contributed by atoms with E-state index in [0.717, 1.165) is 31.7 Å². The molecule has 0 radical (unpaired) electrons. The Balaban J connectivity index is 1.89. The largest absolute Gasteiger partial charge is 0.382 e. The number of fused-ring (bicyclic) bond motifs is 1. The normalized spacial score (nSPS) is 15.0.